The normalized spacial score (nSPS) is 29.8. The van der Waals surface area contributed by atoms with Gasteiger partial charge in [-0.3, -0.25) is 24.0 Å². The predicted octanol–water partition coefficient (Wildman–Crippen LogP) is 4.60. The fraction of sp³-hybridized carbons (Fsp3) is 0.625. The van der Waals surface area contributed by atoms with Crippen molar-refractivity contribution in [3.05, 3.63) is 36.5 Å². The number of anilines is 1. The Morgan fingerprint density at radius 3 is 2.51 bits per heavy atom. The number of allylic oxidation sites excluding steroid dienone is 1. The maximum absolute atomic E-state index is 15.0. The topological polar surface area (TPSA) is 188 Å². The number of rotatable bonds is 7. The molecule has 0 spiro atoms. The number of nitrogens with zero attached hydrogens (tertiary/aromatic N) is 4. The third-order valence-electron chi connectivity index (χ3n) is 12.6. The Labute approximate surface area is 340 Å². The molecule has 2 aliphatic carbocycles. The van der Waals surface area contributed by atoms with Gasteiger partial charge in [0.1, 0.15) is 35.9 Å². The first-order valence-corrected chi connectivity index (χ1v) is 21.6. The number of fused-ring (bicyclic) bond motifs is 5. The molecule has 3 fully saturated rings. The smallest absolute Gasteiger partial charge is 0.411 e. The molecule has 19 heteroatoms. The molecule has 7 rings (SSSR count). The van der Waals surface area contributed by atoms with Crippen LogP contribution in [0.3, 0.4) is 0 Å². The van der Waals surface area contributed by atoms with Crippen molar-refractivity contribution in [2.45, 2.75) is 113 Å². The van der Waals surface area contributed by atoms with Gasteiger partial charge in [-0.2, -0.15) is 13.2 Å². The maximum atomic E-state index is 15.0. The van der Waals surface area contributed by atoms with E-state index in [4.69, 9.17) is 9.47 Å². The van der Waals surface area contributed by atoms with Gasteiger partial charge in [-0.25, -0.2) is 18.2 Å². The van der Waals surface area contributed by atoms with Gasteiger partial charge in [0.25, 0.3) is 5.91 Å². The van der Waals surface area contributed by atoms with E-state index in [-0.39, 0.29) is 42.5 Å². The lowest BCUT2D eigenvalue weighted by molar-refractivity contribution is -0.222. The minimum absolute atomic E-state index is 0.0607. The number of nitrogens with one attached hydrogen (secondary N) is 2. The van der Waals surface area contributed by atoms with Crippen LogP contribution >= 0.6 is 0 Å². The highest BCUT2D eigenvalue weighted by atomic mass is 32.2. The quantitative estimate of drug-likeness (QED) is 0.331. The zero-order chi connectivity index (χ0) is 42.8. The van der Waals surface area contributed by atoms with Gasteiger partial charge >= 0.3 is 12.3 Å². The van der Waals surface area contributed by atoms with Crippen LogP contribution in [0.2, 0.25) is 0 Å². The lowest BCUT2D eigenvalue weighted by atomic mass is 9.85. The average Bonchev–Trinajstić information content (AvgIpc) is 4.08. The Hall–Kier alpha value is -4.81. The Bertz CT molecular complexity index is 2170. The fourth-order valence-electron chi connectivity index (χ4n) is 8.78. The number of hydrogen-bond donors (Lipinski definition) is 3. The molecule has 4 amide bonds. The standard InChI is InChI=1S/C40H51F3N6O9S/c1-22-8-6-7-9-24-20-39(24,36(52)46-59(55,56)26-10-11-26)45-33(50)30-19-25(58-34-28-12-13-29-32(27(28)14-15-44-34)57-17-16-47(29)5)21-48(30)35(51)31(23(2)18-22)49(37(53)54)38(3,4)40(41,42)43/h7,9,12-15,22-26,30-31H,6,8,10-11,16-21H2,1-5H3,(H,45,50)(H,46,52)(H,53,54)/b9-7-/t22-,23-,24-,25-,30+,31+,39-/m1/s1. The van der Waals surface area contributed by atoms with Crippen LogP contribution in [0.15, 0.2) is 36.5 Å². The Kier molecular flexibility index (Phi) is 11.0. The number of carbonyl (C=O) groups excluding carboxylic acids is 3. The number of sulfonamides is 1. The molecule has 4 heterocycles. The fourth-order valence-corrected chi connectivity index (χ4v) is 10.1. The van der Waals surface area contributed by atoms with Crippen molar-refractivity contribution in [3.63, 3.8) is 0 Å². The molecular weight excluding hydrogens is 798 g/mol. The molecule has 7 atom stereocenters. The number of aromatic nitrogens is 1. The number of hydrogen-bond acceptors (Lipinski definition) is 10. The van der Waals surface area contributed by atoms with E-state index in [2.05, 4.69) is 15.0 Å². The van der Waals surface area contributed by atoms with Crippen molar-refractivity contribution in [2.75, 3.05) is 31.6 Å². The van der Waals surface area contributed by atoms with Crippen molar-refractivity contribution in [3.8, 4) is 11.6 Å². The molecular formula is C40H51F3N6O9S. The molecule has 1 aromatic carbocycles. The highest BCUT2D eigenvalue weighted by molar-refractivity contribution is 7.91. The Morgan fingerprint density at radius 1 is 1.10 bits per heavy atom. The van der Waals surface area contributed by atoms with E-state index in [1.54, 1.807) is 18.2 Å². The van der Waals surface area contributed by atoms with Crippen molar-refractivity contribution < 1.29 is 55.3 Å². The second-order valence-electron chi connectivity index (χ2n) is 17.3. The largest absolute Gasteiger partial charge is 0.489 e. The van der Waals surface area contributed by atoms with Crippen molar-refractivity contribution in [2.24, 2.45) is 17.8 Å². The van der Waals surface area contributed by atoms with Crippen molar-refractivity contribution in [1.29, 1.82) is 0 Å². The van der Waals surface area contributed by atoms with E-state index in [0.29, 0.717) is 69.2 Å². The highest BCUT2D eigenvalue weighted by Crippen LogP contribution is 2.47. The zero-order valence-electron chi connectivity index (χ0n) is 33.6. The first-order valence-electron chi connectivity index (χ1n) is 20.0. The molecule has 15 nitrogen and oxygen atoms in total. The van der Waals surface area contributed by atoms with Gasteiger partial charge in [0.2, 0.25) is 27.7 Å². The molecule has 5 aliphatic rings. The molecule has 322 valence electrons. The summed E-state index contributed by atoms with van der Waals surface area (Å²) < 4.78 is 84.6. The Morgan fingerprint density at radius 2 is 1.83 bits per heavy atom. The molecule has 2 saturated carbocycles. The lowest BCUT2D eigenvalue weighted by Crippen LogP contribution is -2.66. The third kappa shape index (κ3) is 7.98. The SMILES string of the molecule is C[C@@H]1CC/C=C\[C@@H]2C[C@@]2(C(=O)NS(=O)(=O)C2CC2)NC(=O)[C@@H]2C[C@@H](Oc3nccc4c5c(ccc34)N(C)CCO5)CN2C(=O)[C@@H](N(C(=O)O)C(C)(C)C(F)(F)F)[C@H](C)C1. The number of carboxylic acid groups (broad SMARTS) is 1. The van der Waals surface area contributed by atoms with Crippen LogP contribution in [0.25, 0.3) is 10.8 Å². The monoisotopic (exact) mass is 848 g/mol. The minimum Gasteiger partial charge on any atom is -0.489 e. The van der Waals surface area contributed by atoms with Crippen LogP contribution in [0.1, 0.15) is 72.6 Å². The van der Waals surface area contributed by atoms with E-state index in [9.17, 15) is 41.1 Å². The van der Waals surface area contributed by atoms with Gasteiger partial charge in [0, 0.05) is 36.4 Å². The third-order valence-corrected chi connectivity index (χ3v) is 14.4. The first kappa shape index (κ1) is 42.3. The van der Waals surface area contributed by atoms with Crippen molar-refractivity contribution >= 4 is 50.3 Å². The molecule has 0 bridgehead atoms. The average molecular weight is 849 g/mol. The number of likely N-dealkylation sites (N-methyl/N-ethyl adjacent to an activating group) is 1. The second-order valence-corrected chi connectivity index (χ2v) is 19.3. The number of carbonyl (C=O) groups is 4. The molecule has 0 unspecified atom stereocenters. The lowest BCUT2D eigenvalue weighted by Gasteiger charge is -2.45. The number of amides is 4. The molecule has 3 aliphatic heterocycles. The minimum atomic E-state index is -5.09. The molecule has 1 saturated heterocycles. The summed E-state index contributed by atoms with van der Waals surface area (Å²) in [6.45, 7) is 5.55. The van der Waals surface area contributed by atoms with E-state index in [1.165, 1.54) is 13.1 Å². The van der Waals surface area contributed by atoms with Gasteiger partial charge in [-0.05, 0) is 82.4 Å². The summed E-state index contributed by atoms with van der Waals surface area (Å²) in [4.78, 5) is 64.1. The van der Waals surface area contributed by atoms with Crippen LogP contribution < -0.4 is 24.4 Å². The van der Waals surface area contributed by atoms with E-state index in [1.807, 2.05) is 31.0 Å². The number of alkyl halides is 3. The number of halogens is 3. The maximum Gasteiger partial charge on any atom is 0.411 e. The summed E-state index contributed by atoms with van der Waals surface area (Å²) in [7, 11) is -2.09. The number of ether oxygens (including phenoxy) is 2. The summed E-state index contributed by atoms with van der Waals surface area (Å²) in [5.74, 6) is -3.81. The van der Waals surface area contributed by atoms with Crippen LogP contribution in [0, 0.1) is 17.8 Å². The summed E-state index contributed by atoms with van der Waals surface area (Å²) >= 11 is 0. The van der Waals surface area contributed by atoms with Gasteiger partial charge < -0.3 is 29.7 Å². The summed E-state index contributed by atoms with van der Waals surface area (Å²) in [6.07, 6.45) is -1.20. The summed E-state index contributed by atoms with van der Waals surface area (Å²) in [5, 5.41) is 13.7. The zero-order valence-corrected chi connectivity index (χ0v) is 34.4. The van der Waals surface area contributed by atoms with E-state index >= 15 is 4.79 Å². The van der Waals surface area contributed by atoms with E-state index < -0.39 is 86.4 Å². The molecule has 1 aromatic heterocycles. The summed E-state index contributed by atoms with van der Waals surface area (Å²) in [5.41, 5.74) is -3.88. The van der Waals surface area contributed by atoms with Gasteiger partial charge in [-0.1, -0.05) is 26.0 Å². The number of benzene rings is 1. The number of pyridine rings is 1. The van der Waals surface area contributed by atoms with Crippen LogP contribution in [0.4, 0.5) is 23.7 Å². The van der Waals surface area contributed by atoms with Gasteiger partial charge in [0.05, 0.1) is 24.0 Å². The second kappa shape index (κ2) is 15.3. The van der Waals surface area contributed by atoms with Gasteiger partial charge in [0.15, 0.2) is 5.75 Å². The van der Waals surface area contributed by atoms with Crippen LogP contribution in [-0.4, -0.2) is 120 Å². The molecule has 3 N–H and O–H groups in total. The molecule has 0 radical (unpaired) electrons. The van der Waals surface area contributed by atoms with E-state index in [0.717, 1.165) is 10.6 Å². The van der Waals surface area contributed by atoms with Crippen molar-refractivity contribution in [1.82, 2.24) is 24.8 Å². The first-order chi connectivity index (χ1) is 27.7. The Balaban J connectivity index is 1.29. The van der Waals surface area contributed by atoms with Gasteiger partial charge in [-0.15, -0.1) is 0 Å². The highest BCUT2D eigenvalue weighted by Gasteiger charge is 2.63. The van der Waals surface area contributed by atoms with Crippen LogP contribution in [0.5, 0.6) is 11.6 Å². The van der Waals surface area contributed by atoms with Crippen LogP contribution in [-0.2, 0) is 24.4 Å². The molecule has 59 heavy (non-hydrogen) atoms. The molecule has 2 aromatic rings. The predicted molar refractivity (Wildman–Crippen MR) is 209 cm³/mol. The summed E-state index contributed by atoms with van der Waals surface area (Å²) in [6, 6.07) is 2.05.